The van der Waals surface area contributed by atoms with E-state index >= 15 is 0 Å². The van der Waals surface area contributed by atoms with Crippen LogP contribution in [0.5, 0.6) is 0 Å². The largest absolute Gasteiger partial charge is 0.465 e. The molecule has 0 aliphatic carbocycles. The quantitative estimate of drug-likeness (QED) is 0.131. The molecule has 0 fully saturated rings. The fraction of sp³-hybridized carbons (Fsp3) is 0.692. The van der Waals surface area contributed by atoms with Gasteiger partial charge >= 0.3 is 11.9 Å². The fourth-order valence-electron chi connectivity index (χ4n) is 3.94. The van der Waals surface area contributed by atoms with E-state index in [-0.39, 0.29) is 0 Å². The van der Waals surface area contributed by atoms with Crippen LogP contribution in [0.1, 0.15) is 77.2 Å². The molecule has 0 saturated carbocycles. The van der Waals surface area contributed by atoms with Gasteiger partial charge in [0.05, 0.1) is 21.3 Å². The van der Waals surface area contributed by atoms with Gasteiger partial charge in [-0.1, -0.05) is 106 Å². The third-order valence-corrected chi connectivity index (χ3v) is 9.52. The van der Waals surface area contributed by atoms with Crippen LogP contribution < -0.4 is 5.19 Å². The fourth-order valence-corrected chi connectivity index (χ4v) is 6.43. The van der Waals surface area contributed by atoms with Gasteiger partial charge in [0.1, 0.15) is 0 Å². The highest BCUT2D eigenvalue weighted by Crippen LogP contribution is 2.18. The van der Waals surface area contributed by atoms with Crippen LogP contribution in [0.3, 0.4) is 0 Å². The minimum Gasteiger partial charge on any atom is -0.465 e. The Morgan fingerprint density at radius 1 is 0.774 bits per heavy atom. The number of hydrogen-bond acceptors (Lipinski definition) is 4. The Labute approximate surface area is 191 Å². The van der Waals surface area contributed by atoms with E-state index in [1.54, 1.807) is 19.0 Å². The molecule has 0 radical (unpaired) electrons. The first-order chi connectivity index (χ1) is 14.8. The molecular formula is C26H44O4Si. The van der Waals surface area contributed by atoms with Crippen LogP contribution in [-0.4, -0.2) is 33.2 Å². The normalized spacial score (nSPS) is 11.5. The molecule has 0 atom stereocenters. The summed E-state index contributed by atoms with van der Waals surface area (Å²) in [7, 11) is -1.31. The smallest absolute Gasteiger partial charge is 0.320 e. The second kappa shape index (κ2) is 15.2. The Morgan fingerprint density at radius 3 is 1.71 bits per heavy atom. The van der Waals surface area contributed by atoms with Crippen LogP contribution in [0.15, 0.2) is 24.3 Å². The molecule has 31 heavy (non-hydrogen) atoms. The number of rotatable bonds is 16. The number of carbonyl (C=O) groups is 2. The molecule has 1 aromatic rings. The van der Waals surface area contributed by atoms with Gasteiger partial charge in [-0.25, -0.2) is 0 Å². The standard InChI is InChI=1S/C26H44O4Si/c1-6-29-25(27)24(26(28)30-7-2)16-14-12-10-8-9-11-13-15-21-31(4,5)23-19-17-22(3)18-20-23/h17-20,24H,6-16,21H2,1-5H3. The topological polar surface area (TPSA) is 52.6 Å². The SMILES string of the molecule is CCOC(=O)C(CCCCCCCCCC[Si](C)(C)c1ccc(C)cc1)C(=O)OCC. The van der Waals surface area contributed by atoms with E-state index in [4.69, 9.17) is 9.47 Å². The summed E-state index contributed by atoms with van der Waals surface area (Å²) in [6, 6.07) is 10.5. The van der Waals surface area contributed by atoms with Crippen molar-refractivity contribution in [2.75, 3.05) is 13.2 Å². The highest BCUT2D eigenvalue weighted by molar-refractivity contribution is 6.89. The molecule has 0 saturated heterocycles. The summed E-state index contributed by atoms with van der Waals surface area (Å²) in [5, 5.41) is 1.57. The molecule has 5 heteroatoms. The first-order valence-corrected chi connectivity index (χ1v) is 15.4. The summed E-state index contributed by atoms with van der Waals surface area (Å²) in [4.78, 5) is 24.0. The molecule has 0 heterocycles. The van der Waals surface area contributed by atoms with Gasteiger partial charge in [-0.2, -0.15) is 0 Å². The predicted molar refractivity (Wildman–Crippen MR) is 131 cm³/mol. The highest BCUT2D eigenvalue weighted by atomic mass is 28.3. The lowest BCUT2D eigenvalue weighted by Gasteiger charge is -2.23. The average molecular weight is 449 g/mol. The molecule has 0 aliphatic heterocycles. The second-order valence-corrected chi connectivity index (χ2v) is 14.0. The van der Waals surface area contributed by atoms with Crippen molar-refractivity contribution in [3.63, 3.8) is 0 Å². The molecule has 176 valence electrons. The van der Waals surface area contributed by atoms with E-state index in [9.17, 15) is 9.59 Å². The number of unbranched alkanes of at least 4 members (excludes halogenated alkanes) is 7. The van der Waals surface area contributed by atoms with Crippen molar-refractivity contribution in [2.24, 2.45) is 5.92 Å². The van der Waals surface area contributed by atoms with Gasteiger partial charge in [-0.15, -0.1) is 0 Å². The molecule has 1 rings (SSSR count). The number of aryl methyl sites for hydroxylation is 1. The molecule has 1 aromatic carbocycles. The lowest BCUT2D eigenvalue weighted by molar-refractivity contribution is -0.161. The molecule has 0 unspecified atom stereocenters. The lowest BCUT2D eigenvalue weighted by atomic mass is 10.00. The number of carbonyl (C=O) groups excluding carboxylic acids is 2. The summed E-state index contributed by atoms with van der Waals surface area (Å²) in [5.41, 5.74) is 1.34. The Bertz CT molecular complexity index is 621. The number of ether oxygens (including phenoxy) is 2. The number of hydrogen-bond donors (Lipinski definition) is 0. The van der Waals surface area contributed by atoms with E-state index in [0.717, 1.165) is 19.3 Å². The molecule has 0 aromatic heterocycles. The summed E-state index contributed by atoms with van der Waals surface area (Å²) in [5.74, 6) is -1.66. The van der Waals surface area contributed by atoms with Crippen LogP contribution in [0.25, 0.3) is 0 Å². The molecular weight excluding hydrogens is 404 g/mol. The van der Waals surface area contributed by atoms with E-state index in [1.807, 2.05) is 0 Å². The Balaban J connectivity index is 2.14. The third-order valence-electron chi connectivity index (χ3n) is 6.02. The summed E-state index contributed by atoms with van der Waals surface area (Å²) in [6.07, 6.45) is 10.0. The Hall–Kier alpha value is -1.62. The monoisotopic (exact) mass is 448 g/mol. The van der Waals surface area contributed by atoms with E-state index in [0.29, 0.717) is 19.6 Å². The predicted octanol–water partition coefficient (Wildman–Crippen LogP) is 6.16. The summed E-state index contributed by atoms with van der Waals surface area (Å²) >= 11 is 0. The number of esters is 2. The maximum absolute atomic E-state index is 12.0. The highest BCUT2D eigenvalue weighted by Gasteiger charge is 2.28. The van der Waals surface area contributed by atoms with Crippen molar-refractivity contribution < 1.29 is 19.1 Å². The minimum absolute atomic E-state index is 0.291. The minimum atomic E-state index is -1.31. The third kappa shape index (κ3) is 11.0. The van der Waals surface area contributed by atoms with Crippen LogP contribution >= 0.6 is 0 Å². The summed E-state index contributed by atoms with van der Waals surface area (Å²) in [6.45, 7) is 11.2. The zero-order valence-electron chi connectivity index (χ0n) is 20.5. The average Bonchev–Trinajstić information content (AvgIpc) is 2.72. The van der Waals surface area contributed by atoms with Gasteiger partial charge in [0.25, 0.3) is 0 Å². The van der Waals surface area contributed by atoms with Crippen LogP contribution in [0.2, 0.25) is 19.1 Å². The van der Waals surface area contributed by atoms with Gasteiger partial charge in [-0.3, -0.25) is 9.59 Å². The molecule has 0 N–H and O–H groups in total. The van der Waals surface area contributed by atoms with E-state index in [2.05, 4.69) is 44.3 Å². The van der Waals surface area contributed by atoms with Crippen molar-refractivity contribution in [1.29, 1.82) is 0 Å². The second-order valence-electron chi connectivity index (χ2n) is 9.17. The molecule has 0 spiro atoms. The van der Waals surface area contributed by atoms with Crippen molar-refractivity contribution >= 4 is 25.2 Å². The van der Waals surface area contributed by atoms with Crippen LogP contribution in [0, 0.1) is 12.8 Å². The first-order valence-electron chi connectivity index (χ1n) is 12.2. The maximum Gasteiger partial charge on any atom is 0.320 e. The molecule has 4 nitrogen and oxygen atoms in total. The van der Waals surface area contributed by atoms with E-state index in [1.165, 1.54) is 43.7 Å². The zero-order valence-corrected chi connectivity index (χ0v) is 21.5. The van der Waals surface area contributed by atoms with Gasteiger partial charge < -0.3 is 9.47 Å². The number of benzene rings is 1. The molecule has 0 aliphatic rings. The maximum atomic E-state index is 12.0. The molecule has 0 bridgehead atoms. The Kier molecular flexibility index (Phi) is 13.5. The van der Waals surface area contributed by atoms with Crippen molar-refractivity contribution in [3.8, 4) is 0 Å². The zero-order chi connectivity index (χ0) is 23.1. The van der Waals surface area contributed by atoms with E-state index < -0.39 is 25.9 Å². The molecule has 0 amide bonds. The Morgan fingerprint density at radius 2 is 1.23 bits per heavy atom. The van der Waals surface area contributed by atoms with Crippen molar-refractivity contribution in [3.05, 3.63) is 29.8 Å². The van der Waals surface area contributed by atoms with Gasteiger partial charge in [0.2, 0.25) is 0 Å². The van der Waals surface area contributed by atoms with Crippen LogP contribution in [0.4, 0.5) is 0 Å². The van der Waals surface area contributed by atoms with Crippen molar-refractivity contribution in [2.45, 2.75) is 97.7 Å². The first kappa shape index (κ1) is 27.4. The van der Waals surface area contributed by atoms with Gasteiger partial charge in [-0.05, 0) is 27.2 Å². The summed E-state index contributed by atoms with van der Waals surface area (Å²) < 4.78 is 10.0. The van der Waals surface area contributed by atoms with Crippen LogP contribution in [-0.2, 0) is 19.1 Å². The van der Waals surface area contributed by atoms with Crippen molar-refractivity contribution in [1.82, 2.24) is 0 Å². The van der Waals surface area contributed by atoms with Gasteiger partial charge in [0.15, 0.2) is 5.92 Å². The van der Waals surface area contributed by atoms with Gasteiger partial charge in [0, 0.05) is 0 Å². The lowest BCUT2D eigenvalue weighted by Crippen LogP contribution is -2.40.